The number of aromatic amines is 1. The molecule has 0 saturated carbocycles. The fraction of sp³-hybridized carbons (Fsp3) is 0. The van der Waals surface area contributed by atoms with Crippen LogP contribution in [0.5, 0.6) is 0 Å². The van der Waals surface area contributed by atoms with Gasteiger partial charge in [0.15, 0.2) is 0 Å². The van der Waals surface area contributed by atoms with E-state index >= 15 is 0 Å². The number of halogens is 3. The van der Waals surface area contributed by atoms with Crippen molar-refractivity contribution < 1.29 is 9.90 Å². The lowest BCUT2D eigenvalue weighted by molar-refractivity contribution is 0.0690. The van der Waals surface area contributed by atoms with Crippen LogP contribution in [-0.4, -0.2) is 16.1 Å². The fourth-order valence-corrected chi connectivity index (χ4v) is 2.76. The van der Waals surface area contributed by atoms with E-state index in [4.69, 9.17) is 28.3 Å². The molecule has 0 bridgehead atoms. The summed E-state index contributed by atoms with van der Waals surface area (Å²) < 4.78 is 0.437. The molecule has 78 valence electrons. The summed E-state index contributed by atoms with van der Waals surface area (Å²) in [5.74, 6) is -1.05. The predicted octanol–water partition coefficient (Wildman–Crippen LogP) is 3.94. The molecule has 6 heteroatoms. The summed E-state index contributed by atoms with van der Waals surface area (Å²) in [5.41, 5.74) is 0.658. The zero-order valence-corrected chi connectivity index (χ0v) is 10.2. The van der Waals surface area contributed by atoms with E-state index in [0.717, 1.165) is 0 Å². The summed E-state index contributed by atoms with van der Waals surface area (Å²) in [5, 5.41) is 10.4. The number of carbonyl (C=O) groups is 1. The van der Waals surface area contributed by atoms with E-state index in [1.807, 2.05) is 0 Å². The molecule has 0 aliphatic rings. The maximum Gasteiger partial charge on any atom is 0.353 e. The van der Waals surface area contributed by atoms with Crippen molar-refractivity contribution in [3.05, 3.63) is 32.3 Å². The molecule has 2 N–H and O–H groups in total. The number of H-pyrrole nitrogens is 1. The van der Waals surface area contributed by atoms with Gasteiger partial charge in [0.2, 0.25) is 0 Å². The molecule has 0 unspecified atom stereocenters. The molecule has 0 radical (unpaired) electrons. The van der Waals surface area contributed by atoms with Crippen LogP contribution >= 0.6 is 39.1 Å². The first-order valence-electron chi connectivity index (χ1n) is 3.90. The van der Waals surface area contributed by atoms with Gasteiger partial charge in [-0.1, -0.05) is 23.2 Å². The second-order valence-corrected chi connectivity index (χ2v) is 4.57. The van der Waals surface area contributed by atoms with Crippen LogP contribution in [0.25, 0.3) is 10.9 Å². The van der Waals surface area contributed by atoms with Gasteiger partial charge in [-0.05, 0) is 28.1 Å². The number of fused-ring (bicyclic) bond motifs is 1. The van der Waals surface area contributed by atoms with Crippen LogP contribution in [0, 0.1) is 0 Å². The van der Waals surface area contributed by atoms with Gasteiger partial charge in [0, 0.05) is 10.4 Å². The van der Waals surface area contributed by atoms with Crippen molar-refractivity contribution >= 4 is 56.0 Å². The van der Waals surface area contributed by atoms with Gasteiger partial charge >= 0.3 is 5.97 Å². The molecule has 0 fully saturated rings. The number of hydrogen-bond donors (Lipinski definition) is 2. The first kappa shape index (κ1) is 10.8. The van der Waals surface area contributed by atoms with E-state index in [1.165, 1.54) is 0 Å². The Morgan fingerprint density at radius 1 is 1.40 bits per heavy atom. The Morgan fingerprint density at radius 2 is 2.07 bits per heavy atom. The molecule has 2 aromatic rings. The minimum atomic E-state index is -1.05. The van der Waals surface area contributed by atoms with Crippen LogP contribution in [0.3, 0.4) is 0 Å². The molecule has 0 aliphatic carbocycles. The zero-order chi connectivity index (χ0) is 11.2. The third-order valence-corrected chi connectivity index (χ3v) is 3.28. The molecule has 0 aliphatic heterocycles. The minimum Gasteiger partial charge on any atom is -0.477 e. The molecule has 15 heavy (non-hydrogen) atoms. The Balaban J connectivity index is 2.88. The molecule has 0 spiro atoms. The van der Waals surface area contributed by atoms with Gasteiger partial charge < -0.3 is 10.1 Å². The van der Waals surface area contributed by atoms with E-state index in [1.54, 1.807) is 12.1 Å². The second-order valence-electron chi connectivity index (χ2n) is 2.93. The van der Waals surface area contributed by atoms with Crippen LogP contribution in [-0.2, 0) is 0 Å². The van der Waals surface area contributed by atoms with Crippen molar-refractivity contribution in [3.8, 4) is 0 Å². The molecule has 1 aromatic heterocycles. The molecule has 1 aromatic carbocycles. The third kappa shape index (κ3) is 1.73. The number of rotatable bonds is 1. The average Bonchev–Trinajstić information content (AvgIpc) is 2.42. The lowest BCUT2D eigenvalue weighted by atomic mass is 10.2. The van der Waals surface area contributed by atoms with E-state index in [-0.39, 0.29) is 5.69 Å². The van der Waals surface area contributed by atoms with Gasteiger partial charge in [-0.25, -0.2) is 4.79 Å². The summed E-state index contributed by atoms with van der Waals surface area (Å²) in [7, 11) is 0. The van der Waals surface area contributed by atoms with Gasteiger partial charge in [0.1, 0.15) is 5.69 Å². The first-order valence-corrected chi connectivity index (χ1v) is 5.45. The van der Waals surface area contributed by atoms with Crippen molar-refractivity contribution in [3.63, 3.8) is 0 Å². The van der Waals surface area contributed by atoms with Crippen molar-refractivity contribution in [2.75, 3.05) is 0 Å². The molecule has 3 nitrogen and oxygen atoms in total. The monoisotopic (exact) mass is 307 g/mol. The number of benzene rings is 1. The number of carboxylic acids is 1. The van der Waals surface area contributed by atoms with Gasteiger partial charge in [-0.2, -0.15) is 0 Å². The number of carboxylic acid groups (broad SMARTS) is 1. The lowest BCUT2D eigenvalue weighted by Gasteiger charge is -1.95. The lowest BCUT2D eigenvalue weighted by Crippen LogP contribution is -1.96. The van der Waals surface area contributed by atoms with Crippen LogP contribution in [0.4, 0.5) is 0 Å². The normalized spacial score (nSPS) is 10.9. The van der Waals surface area contributed by atoms with Crippen LogP contribution in [0.2, 0.25) is 10.0 Å². The second kappa shape index (κ2) is 3.70. The molecule has 2 rings (SSSR count). The Kier molecular flexibility index (Phi) is 2.66. The average molecular weight is 309 g/mol. The first-order chi connectivity index (χ1) is 7.00. The molecular formula is C9H4BrCl2NO2. The maximum atomic E-state index is 10.9. The molecule has 0 saturated heterocycles. The van der Waals surface area contributed by atoms with Crippen molar-refractivity contribution in [2.24, 2.45) is 0 Å². The minimum absolute atomic E-state index is 0.0640. The van der Waals surface area contributed by atoms with Crippen molar-refractivity contribution in [1.29, 1.82) is 0 Å². The zero-order valence-electron chi connectivity index (χ0n) is 7.14. The number of nitrogens with one attached hydrogen (secondary N) is 1. The molecule has 0 atom stereocenters. The number of hydrogen-bond acceptors (Lipinski definition) is 1. The molecule has 1 heterocycles. The topological polar surface area (TPSA) is 53.1 Å². The quantitative estimate of drug-likeness (QED) is 0.838. The summed E-state index contributed by atoms with van der Waals surface area (Å²) in [6.45, 7) is 0. The van der Waals surface area contributed by atoms with E-state index in [2.05, 4.69) is 20.9 Å². The van der Waals surface area contributed by atoms with Crippen molar-refractivity contribution in [2.45, 2.75) is 0 Å². The summed E-state index contributed by atoms with van der Waals surface area (Å²) >= 11 is 14.9. The Bertz CT molecular complexity index is 565. The Hall–Kier alpha value is -0.710. The highest BCUT2D eigenvalue weighted by Gasteiger charge is 2.17. The largest absolute Gasteiger partial charge is 0.477 e. The highest BCUT2D eigenvalue weighted by Crippen LogP contribution is 2.35. The summed E-state index contributed by atoms with van der Waals surface area (Å²) in [6, 6.07) is 3.19. The van der Waals surface area contributed by atoms with Crippen LogP contribution in [0.1, 0.15) is 10.5 Å². The van der Waals surface area contributed by atoms with Crippen molar-refractivity contribution in [1.82, 2.24) is 4.98 Å². The molecular weight excluding hydrogens is 305 g/mol. The van der Waals surface area contributed by atoms with Crippen LogP contribution < -0.4 is 0 Å². The summed E-state index contributed by atoms with van der Waals surface area (Å²) in [4.78, 5) is 13.6. The van der Waals surface area contributed by atoms with Gasteiger partial charge in [0.25, 0.3) is 0 Å². The fourth-order valence-electron chi connectivity index (χ4n) is 1.36. The Labute approximate surface area is 103 Å². The Morgan fingerprint density at radius 3 is 2.67 bits per heavy atom. The number of aromatic carboxylic acids is 1. The van der Waals surface area contributed by atoms with E-state index in [0.29, 0.717) is 25.4 Å². The third-order valence-electron chi connectivity index (χ3n) is 1.97. The van der Waals surface area contributed by atoms with Gasteiger partial charge in [0.05, 0.1) is 15.0 Å². The highest BCUT2D eigenvalue weighted by molar-refractivity contribution is 9.10. The SMILES string of the molecule is O=C(O)c1[nH]c2cc(Cl)cc(Cl)c2c1Br. The van der Waals surface area contributed by atoms with Crippen LogP contribution in [0.15, 0.2) is 16.6 Å². The summed E-state index contributed by atoms with van der Waals surface area (Å²) in [6.07, 6.45) is 0. The maximum absolute atomic E-state index is 10.9. The highest BCUT2D eigenvalue weighted by atomic mass is 79.9. The standard InChI is InChI=1S/C9H4BrCl2NO2/c10-7-6-4(12)1-3(11)2-5(6)13-8(7)9(14)15/h1-2,13H,(H,14,15). The predicted molar refractivity (Wildman–Crippen MR) is 63.0 cm³/mol. The molecule has 0 amide bonds. The van der Waals surface area contributed by atoms with E-state index < -0.39 is 5.97 Å². The number of aromatic nitrogens is 1. The smallest absolute Gasteiger partial charge is 0.353 e. The van der Waals surface area contributed by atoms with E-state index in [9.17, 15) is 4.79 Å². The van der Waals surface area contributed by atoms with Gasteiger partial charge in [-0.3, -0.25) is 0 Å². The van der Waals surface area contributed by atoms with Gasteiger partial charge in [-0.15, -0.1) is 0 Å².